The van der Waals surface area contributed by atoms with Crippen LogP contribution >= 0.6 is 11.3 Å². The number of carbonyl (C=O) groups is 2. The molecule has 2 aromatic rings. The first-order chi connectivity index (χ1) is 12.5. The molecule has 0 radical (unpaired) electrons. The molecule has 1 heterocycles. The highest BCUT2D eigenvalue weighted by atomic mass is 32.1. The molecule has 1 aromatic heterocycles. The van der Waals surface area contributed by atoms with Crippen molar-refractivity contribution in [2.45, 2.75) is 37.6 Å². The first kappa shape index (κ1) is 18.3. The molecule has 1 aromatic carbocycles. The van der Waals surface area contributed by atoms with Gasteiger partial charge in [-0.2, -0.15) is 0 Å². The molecular weight excluding hydrogens is 351 g/mol. The van der Waals surface area contributed by atoms with Crippen LogP contribution in [0.4, 0.5) is 4.39 Å². The number of halogens is 1. The number of nitrogens with two attached hydrogens (primary N) is 1. The van der Waals surface area contributed by atoms with E-state index in [1.54, 1.807) is 24.3 Å². The molecule has 3 N–H and O–H groups in total. The molecule has 2 amide bonds. The Balaban J connectivity index is 1.69. The summed E-state index contributed by atoms with van der Waals surface area (Å²) >= 11 is 1.40. The molecule has 1 aliphatic rings. The summed E-state index contributed by atoms with van der Waals surface area (Å²) in [5, 5.41) is 2.79. The van der Waals surface area contributed by atoms with Gasteiger partial charge < -0.3 is 11.1 Å². The Bertz CT molecular complexity index is 838. The summed E-state index contributed by atoms with van der Waals surface area (Å²) < 4.78 is 13.9. The summed E-state index contributed by atoms with van der Waals surface area (Å²) in [5.41, 5.74) is 5.13. The number of carbonyl (C=O) groups excluding carboxylic acids is 2. The molecule has 4 nitrogen and oxygen atoms in total. The van der Waals surface area contributed by atoms with Crippen LogP contribution in [0.1, 0.15) is 37.0 Å². The van der Waals surface area contributed by atoms with Crippen molar-refractivity contribution >= 4 is 29.2 Å². The molecule has 3 rings (SSSR count). The number of thiophene rings is 1. The maximum Gasteiger partial charge on any atom is 0.244 e. The highest BCUT2D eigenvalue weighted by Gasteiger charge is 2.38. The van der Waals surface area contributed by atoms with Crippen molar-refractivity contribution < 1.29 is 14.0 Å². The number of benzene rings is 1. The fourth-order valence-corrected chi connectivity index (χ4v) is 4.21. The normalized spacial score (nSPS) is 16.5. The van der Waals surface area contributed by atoms with E-state index in [1.165, 1.54) is 23.5 Å². The fourth-order valence-electron chi connectivity index (χ4n) is 3.27. The first-order valence-corrected chi connectivity index (χ1v) is 9.47. The maximum absolute atomic E-state index is 13.9. The molecule has 0 spiro atoms. The second-order valence-corrected chi connectivity index (χ2v) is 7.63. The highest BCUT2D eigenvalue weighted by molar-refractivity contribution is 7.16. The Morgan fingerprint density at radius 2 is 1.85 bits per heavy atom. The van der Waals surface area contributed by atoms with Crippen LogP contribution in [-0.4, -0.2) is 17.4 Å². The average Bonchev–Trinajstić information content (AvgIpc) is 3.10. The number of primary amides is 1. The zero-order chi connectivity index (χ0) is 18.6. The molecule has 0 atom stereocenters. The predicted molar refractivity (Wildman–Crippen MR) is 102 cm³/mol. The van der Waals surface area contributed by atoms with Gasteiger partial charge in [0.15, 0.2) is 0 Å². The van der Waals surface area contributed by atoms with Crippen LogP contribution in [0.25, 0.3) is 16.5 Å². The molecule has 1 aliphatic carbocycles. The quantitative estimate of drug-likeness (QED) is 0.782. The maximum atomic E-state index is 13.9. The Hall–Kier alpha value is -2.47. The second-order valence-electron chi connectivity index (χ2n) is 6.51. The predicted octanol–water partition coefficient (Wildman–Crippen LogP) is 3.87. The van der Waals surface area contributed by atoms with Crippen molar-refractivity contribution in [3.63, 3.8) is 0 Å². The van der Waals surface area contributed by atoms with Gasteiger partial charge in [-0.05, 0) is 37.1 Å². The summed E-state index contributed by atoms with van der Waals surface area (Å²) in [6.45, 7) is 0. The van der Waals surface area contributed by atoms with E-state index in [-0.39, 0.29) is 11.7 Å². The molecule has 0 unspecified atom stereocenters. The van der Waals surface area contributed by atoms with Gasteiger partial charge >= 0.3 is 0 Å². The lowest BCUT2D eigenvalue weighted by molar-refractivity contribution is -0.130. The van der Waals surface area contributed by atoms with Gasteiger partial charge in [0.25, 0.3) is 0 Å². The van der Waals surface area contributed by atoms with Crippen LogP contribution in [0.2, 0.25) is 0 Å². The fraction of sp³-hybridized carbons (Fsp3) is 0.300. The van der Waals surface area contributed by atoms with Gasteiger partial charge in [-0.3, -0.25) is 9.59 Å². The Morgan fingerprint density at radius 3 is 2.54 bits per heavy atom. The van der Waals surface area contributed by atoms with Gasteiger partial charge in [-0.25, -0.2) is 4.39 Å². The van der Waals surface area contributed by atoms with E-state index in [1.807, 2.05) is 12.1 Å². The molecule has 1 saturated carbocycles. The van der Waals surface area contributed by atoms with Gasteiger partial charge in [0.05, 0.1) is 0 Å². The molecule has 6 heteroatoms. The van der Waals surface area contributed by atoms with Crippen molar-refractivity contribution in [2.75, 3.05) is 0 Å². The minimum absolute atomic E-state index is 0.275. The molecule has 1 fully saturated rings. The molecule has 0 aliphatic heterocycles. The number of hydrogen-bond donors (Lipinski definition) is 2. The number of nitrogens with one attached hydrogen (secondary N) is 1. The third-order valence-corrected chi connectivity index (χ3v) is 5.79. The van der Waals surface area contributed by atoms with E-state index in [4.69, 9.17) is 5.73 Å². The Morgan fingerprint density at radius 1 is 1.12 bits per heavy atom. The molecular formula is C20H21FN2O2S. The number of hydrogen-bond acceptors (Lipinski definition) is 3. The lowest BCUT2D eigenvalue weighted by Crippen LogP contribution is -2.58. The van der Waals surface area contributed by atoms with Gasteiger partial charge in [0.2, 0.25) is 11.8 Å². The van der Waals surface area contributed by atoms with Crippen LogP contribution in [0.5, 0.6) is 0 Å². The minimum Gasteiger partial charge on any atom is -0.368 e. The largest absolute Gasteiger partial charge is 0.368 e. The zero-order valence-electron chi connectivity index (χ0n) is 14.3. The van der Waals surface area contributed by atoms with Crippen molar-refractivity contribution in [3.05, 3.63) is 53.2 Å². The van der Waals surface area contributed by atoms with E-state index in [2.05, 4.69) is 5.32 Å². The summed E-state index contributed by atoms with van der Waals surface area (Å²) in [5.74, 6) is -1.09. The van der Waals surface area contributed by atoms with Gasteiger partial charge in [-0.1, -0.05) is 37.5 Å². The van der Waals surface area contributed by atoms with Crippen LogP contribution in [-0.2, 0) is 9.59 Å². The Labute approximate surface area is 155 Å². The van der Waals surface area contributed by atoms with Crippen LogP contribution in [0, 0.1) is 5.82 Å². The molecule has 0 bridgehead atoms. The van der Waals surface area contributed by atoms with Crippen LogP contribution in [0.3, 0.4) is 0 Å². The topological polar surface area (TPSA) is 72.2 Å². The van der Waals surface area contributed by atoms with Crippen LogP contribution in [0.15, 0.2) is 42.5 Å². The molecule has 26 heavy (non-hydrogen) atoms. The van der Waals surface area contributed by atoms with Crippen molar-refractivity contribution in [1.82, 2.24) is 5.32 Å². The average molecular weight is 372 g/mol. The standard InChI is InChI=1S/C20H21FN2O2S/c21-16-7-3-2-6-15(16)17-10-8-14(26-17)9-11-18(24)23-20(19(22)25)12-4-1-5-13-20/h2-3,6-11H,1,4-5,12-13H2,(H2,22,25)(H,23,24)/b11-9+. The van der Waals surface area contributed by atoms with E-state index in [0.717, 1.165) is 29.0 Å². The molecule has 136 valence electrons. The van der Waals surface area contributed by atoms with Gasteiger partial charge in [0.1, 0.15) is 11.4 Å². The van der Waals surface area contributed by atoms with Gasteiger partial charge in [0, 0.05) is 21.4 Å². The smallest absolute Gasteiger partial charge is 0.244 e. The lowest BCUT2D eigenvalue weighted by atomic mass is 9.81. The third kappa shape index (κ3) is 4.02. The summed E-state index contributed by atoms with van der Waals surface area (Å²) in [6.07, 6.45) is 7.04. The van der Waals surface area contributed by atoms with E-state index < -0.39 is 11.4 Å². The van der Waals surface area contributed by atoms with Crippen molar-refractivity contribution in [3.8, 4) is 10.4 Å². The number of amides is 2. The van der Waals surface area contributed by atoms with Crippen LogP contribution < -0.4 is 11.1 Å². The van der Waals surface area contributed by atoms with E-state index >= 15 is 0 Å². The third-order valence-electron chi connectivity index (χ3n) is 4.71. The summed E-state index contributed by atoms with van der Waals surface area (Å²) in [6, 6.07) is 10.2. The van der Waals surface area contributed by atoms with E-state index in [0.29, 0.717) is 18.4 Å². The first-order valence-electron chi connectivity index (χ1n) is 8.65. The summed E-state index contributed by atoms with van der Waals surface area (Å²) in [4.78, 5) is 25.7. The minimum atomic E-state index is -0.937. The second kappa shape index (κ2) is 7.83. The van der Waals surface area contributed by atoms with Gasteiger partial charge in [-0.15, -0.1) is 11.3 Å². The molecule has 0 saturated heterocycles. The zero-order valence-corrected chi connectivity index (χ0v) is 15.2. The SMILES string of the molecule is NC(=O)C1(NC(=O)/C=C/c2ccc(-c3ccccc3F)s2)CCCCC1. The van der Waals surface area contributed by atoms with Crippen molar-refractivity contribution in [1.29, 1.82) is 0 Å². The van der Waals surface area contributed by atoms with Crippen molar-refractivity contribution in [2.24, 2.45) is 5.73 Å². The summed E-state index contributed by atoms with van der Waals surface area (Å²) in [7, 11) is 0. The Kier molecular flexibility index (Phi) is 5.52. The monoisotopic (exact) mass is 372 g/mol. The lowest BCUT2D eigenvalue weighted by Gasteiger charge is -2.34. The number of rotatable bonds is 5. The van der Waals surface area contributed by atoms with E-state index in [9.17, 15) is 14.0 Å². The highest BCUT2D eigenvalue weighted by Crippen LogP contribution is 2.31.